The Morgan fingerprint density at radius 2 is 1.84 bits per heavy atom. The van der Waals surface area contributed by atoms with Gasteiger partial charge in [-0.2, -0.15) is 0 Å². The summed E-state index contributed by atoms with van der Waals surface area (Å²) in [5.74, 6) is 0.358. The summed E-state index contributed by atoms with van der Waals surface area (Å²) in [5.41, 5.74) is 10.2. The normalized spacial score (nSPS) is 20.0. The van der Waals surface area contributed by atoms with Crippen LogP contribution in [-0.4, -0.2) is 21.5 Å². The van der Waals surface area contributed by atoms with Gasteiger partial charge >= 0.3 is 0 Å². The second-order valence-corrected chi connectivity index (χ2v) is 8.86. The Hall–Kier alpha value is -1.85. The highest BCUT2D eigenvalue weighted by atomic mass is 32.2. The van der Waals surface area contributed by atoms with Crippen molar-refractivity contribution >= 4 is 15.7 Å². The molecule has 0 aromatic heterocycles. The van der Waals surface area contributed by atoms with Crippen LogP contribution in [-0.2, 0) is 22.9 Å². The smallest absolute Gasteiger partial charge is 0.264 e. The lowest BCUT2D eigenvalue weighted by Crippen LogP contribution is -2.35. The van der Waals surface area contributed by atoms with Crippen LogP contribution in [0.25, 0.3) is 0 Å². The van der Waals surface area contributed by atoms with E-state index >= 15 is 0 Å². The summed E-state index contributed by atoms with van der Waals surface area (Å²) in [7, 11) is -3.53. The first-order chi connectivity index (χ1) is 12.1. The van der Waals surface area contributed by atoms with Gasteiger partial charge in [0.2, 0.25) is 0 Å². The average molecular weight is 356 g/mol. The zero-order valence-corrected chi connectivity index (χ0v) is 15.1. The van der Waals surface area contributed by atoms with Crippen molar-refractivity contribution in [1.82, 2.24) is 0 Å². The quantitative estimate of drug-likeness (QED) is 0.918. The number of hydrogen-bond donors (Lipinski definition) is 1. The van der Waals surface area contributed by atoms with Crippen molar-refractivity contribution in [2.45, 2.75) is 42.9 Å². The molecule has 2 aromatic carbocycles. The molecule has 1 heterocycles. The van der Waals surface area contributed by atoms with E-state index in [1.807, 2.05) is 36.4 Å². The third-order valence-electron chi connectivity index (χ3n) is 5.49. The number of fused-ring (bicyclic) bond motifs is 2. The maximum Gasteiger partial charge on any atom is 0.264 e. The molecule has 1 aliphatic heterocycles. The van der Waals surface area contributed by atoms with Crippen LogP contribution in [0.3, 0.4) is 0 Å². The molecule has 0 bridgehead atoms. The van der Waals surface area contributed by atoms with Crippen molar-refractivity contribution in [3.8, 4) is 0 Å². The number of nitrogens with two attached hydrogens (primary N) is 1. The lowest BCUT2D eigenvalue weighted by atomic mass is 9.83. The average Bonchev–Trinajstić information content (AvgIpc) is 2.66. The van der Waals surface area contributed by atoms with Gasteiger partial charge in [-0.1, -0.05) is 24.3 Å². The summed E-state index contributed by atoms with van der Waals surface area (Å²) < 4.78 is 28.2. The molecule has 0 unspecified atom stereocenters. The van der Waals surface area contributed by atoms with Gasteiger partial charge < -0.3 is 5.73 Å². The molecule has 0 saturated heterocycles. The lowest BCUT2D eigenvalue weighted by molar-refractivity contribution is 0.558. The molecule has 2 aliphatic rings. The van der Waals surface area contributed by atoms with E-state index in [2.05, 4.69) is 0 Å². The molecule has 132 valence electrons. The van der Waals surface area contributed by atoms with E-state index in [0.29, 0.717) is 23.9 Å². The summed E-state index contributed by atoms with van der Waals surface area (Å²) in [6.07, 6.45) is 4.90. The molecule has 2 aromatic rings. The van der Waals surface area contributed by atoms with Gasteiger partial charge in [-0.25, -0.2) is 8.42 Å². The molecule has 4 rings (SSSR count). The van der Waals surface area contributed by atoms with Crippen LogP contribution in [0.5, 0.6) is 0 Å². The second-order valence-electron chi connectivity index (χ2n) is 6.99. The van der Waals surface area contributed by atoms with Gasteiger partial charge in [0.15, 0.2) is 0 Å². The van der Waals surface area contributed by atoms with Gasteiger partial charge in [0.1, 0.15) is 0 Å². The Kier molecular flexibility index (Phi) is 4.29. The number of sulfonamides is 1. The third-order valence-corrected chi connectivity index (χ3v) is 7.30. The maximum atomic E-state index is 13.3. The van der Waals surface area contributed by atoms with Crippen LogP contribution in [0.1, 0.15) is 41.9 Å². The van der Waals surface area contributed by atoms with E-state index in [4.69, 9.17) is 5.73 Å². The highest BCUT2D eigenvalue weighted by Gasteiger charge is 2.30. The van der Waals surface area contributed by atoms with E-state index < -0.39 is 10.0 Å². The molecule has 1 atom stereocenters. The fraction of sp³-hybridized carbons (Fsp3) is 0.400. The van der Waals surface area contributed by atoms with Crippen molar-refractivity contribution in [2.75, 3.05) is 17.4 Å². The first kappa shape index (κ1) is 16.6. The summed E-state index contributed by atoms with van der Waals surface area (Å²) >= 11 is 0. The Balaban J connectivity index is 1.75. The van der Waals surface area contributed by atoms with Crippen molar-refractivity contribution in [3.05, 3.63) is 59.2 Å². The molecule has 0 spiro atoms. The van der Waals surface area contributed by atoms with Crippen molar-refractivity contribution in [1.29, 1.82) is 0 Å². The lowest BCUT2D eigenvalue weighted by Gasteiger charge is -2.31. The number of anilines is 1. The van der Waals surface area contributed by atoms with Crippen LogP contribution in [0.2, 0.25) is 0 Å². The minimum atomic E-state index is -3.53. The van der Waals surface area contributed by atoms with Crippen LogP contribution in [0.15, 0.2) is 47.4 Å². The van der Waals surface area contributed by atoms with E-state index in [1.54, 1.807) is 10.4 Å². The monoisotopic (exact) mass is 356 g/mol. The first-order valence-corrected chi connectivity index (χ1v) is 10.5. The van der Waals surface area contributed by atoms with Gasteiger partial charge in [0.25, 0.3) is 10.0 Å². The minimum absolute atomic E-state index is 0.358. The summed E-state index contributed by atoms with van der Waals surface area (Å²) in [4.78, 5) is 0.403. The molecule has 25 heavy (non-hydrogen) atoms. The number of rotatable bonds is 3. The number of benzene rings is 2. The Bertz CT molecular complexity index is 892. The second kappa shape index (κ2) is 6.46. The largest absolute Gasteiger partial charge is 0.330 e. The molecular formula is C20H24N2O2S. The van der Waals surface area contributed by atoms with E-state index in [1.165, 1.54) is 5.56 Å². The molecule has 0 saturated carbocycles. The zero-order chi connectivity index (χ0) is 17.4. The Morgan fingerprint density at radius 1 is 1.04 bits per heavy atom. The summed E-state index contributed by atoms with van der Waals surface area (Å²) in [6, 6.07) is 13.4. The predicted molar refractivity (Wildman–Crippen MR) is 100 cm³/mol. The first-order valence-electron chi connectivity index (χ1n) is 9.05. The topological polar surface area (TPSA) is 63.4 Å². The number of nitrogens with zero attached hydrogens (tertiary/aromatic N) is 1. The summed E-state index contributed by atoms with van der Waals surface area (Å²) in [6.45, 7) is 1.17. The van der Waals surface area contributed by atoms with E-state index in [0.717, 1.165) is 48.9 Å². The van der Waals surface area contributed by atoms with E-state index in [-0.39, 0.29) is 0 Å². The van der Waals surface area contributed by atoms with Gasteiger partial charge in [-0.05, 0) is 79.5 Å². The molecule has 0 radical (unpaired) electrons. The third kappa shape index (κ3) is 2.85. The van der Waals surface area contributed by atoms with Gasteiger partial charge in [-0.3, -0.25) is 4.31 Å². The molecular weight excluding hydrogens is 332 g/mol. The number of para-hydroxylation sites is 1. The molecule has 0 amide bonds. The summed E-state index contributed by atoms with van der Waals surface area (Å²) in [5, 5.41) is 0. The van der Waals surface area contributed by atoms with E-state index in [9.17, 15) is 8.42 Å². The number of aryl methyl sites for hydroxylation is 2. The predicted octanol–water partition coefficient (Wildman–Crippen LogP) is 3.21. The standard InChI is InChI=1S/C20H24N2O2S/c21-14-17-7-3-6-16-13-18(10-11-19(16)17)25(23,24)22-12-4-8-15-5-1-2-9-20(15)22/h1-2,5,9-11,13,17H,3-4,6-8,12,14,21H2/t17-/m0/s1. The maximum absolute atomic E-state index is 13.3. The zero-order valence-electron chi connectivity index (χ0n) is 14.3. The highest BCUT2D eigenvalue weighted by molar-refractivity contribution is 7.92. The fourth-order valence-electron chi connectivity index (χ4n) is 4.17. The van der Waals surface area contributed by atoms with Crippen LogP contribution < -0.4 is 10.0 Å². The fourth-order valence-corrected chi connectivity index (χ4v) is 5.76. The van der Waals surface area contributed by atoms with Crippen LogP contribution >= 0.6 is 0 Å². The van der Waals surface area contributed by atoms with Crippen LogP contribution in [0, 0.1) is 0 Å². The molecule has 2 N–H and O–H groups in total. The van der Waals surface area contributed by atoms with Gasteiger partial charge in [0, 0.05) is 6.54 Å². The Labute approximate surface area is 149 Å². The van der Waals surface area contributed by atoms with Gasteiger partial charge in [0.05, 0.1) is 10.6 Å². The molecule has 5 heteroatoms. The van der Waals surface area contributed by atoms with Crippen molar-refractivity contribution in [3.63, 3.8) is 0 Å². The van der Waals surface area contributed by atoms with Crippen LogP contribution in [0.4, 0.5) is 5.69 Å². The van der Waals surface area contributed by atoms with Gasteiger partial charge in [-0.15, -0.1) is 0 Å². The minimum Gasteiger partial charge on any atom is -0.330 e. The highest BCUT2D eigenvalue weighted by Crippen LogP contribution is 2.35. The van der Waals surface area contributed by atoms with Crippen molar-refractivity contribution < 1.29 is 8.42 Å². The molecule has 4 nitrogen and oxygen atoms in total. The van der Waals surface area contributed by atoms with Crippen molar-refractivity contribution in [2.24, 2.45) is 5.73 Å². The number of hydrogen-bond acceptors (Lipinski definition) is 3. The molecule has 0 fully saturated rings. The molecule has 1 aliphatic carbocycles. The Morgan fingerprint density at radius 3 is 2.68 bits per heavy atom. The SMILES string of the molecule is NC[C@@H]1CCCc2cc(S(=O)(=O)N3CCCc4ccccc43)ccc21.